The first-order valence-corrected chi connectivity index (χ1v) is 11.9. The summed E-state index contributed by atoms with van der Waals surface area (Å²) in [7, 11) is 0. The number of pyridine rings is 1. The van der Waals surface area contributed by atoms with E-state index in [0.717, 1.165) is 54.7 Å². The van der Waals surface area contributed by atoms with Crippen LogP contribution in [0.1, 0.15) is 57.9 Å². The van der Waals surface area contributed by atoms with E-state index < -0.39 is 0 Å². The van der Waals surface area contributed by atoms with Crippen molar-refractivity contribution >= 4 is 6.08 Å². The van der Waals surface area contributed by atoms with Gasteiger partial charge in [-0.15, -0.1) is 0 Å². The smallest absolute Gasteiger partial charge is 0.131 e. The van der Waals surface area contributed by atoms with Crippen molar-refractivity contribution in [2.75, 3.05) is 6.61 Å². The van der Waals surface area contributed by atoms with Crippen LogP contribution in [0.5, 0.6) is 5.75 Å². The van der Waals surface area contributed by atoms with Crippen molar-refractivity contribution in [3.8, 4) is 28.1 Å². The molecule has 1 N–H and O–H groups in total. The Bertz CT molecular complexity index is 1010. The highest BCUT2D eigenvalue weighted by Crippen LogP contribution is 2.25. The van der Waals surface area contributed by atoms with Crippen molar-refractivity contribution in [2.45, 2.75) is 58.5 Å². The quantitative estimate of drug-likeness (QED) is 0.286. The van der Waals surface area contributed by atoms with E-state index in [9.17, 15) is 9.50 Å². The second kappa shape index (κ2) is 12.9. The standard InChI is InChI=1S/C29H34FNO2/c1-3-4-8-19-33-22(2)9-6-5-7-10-24-11-12-25(20-28(24)30)29-18-15-26(21-31-29)23-13-16-27(32)17-14-23/h7,10-18,20-22,32H,3-6,8-9,19H2,1-2H3/b10-7+. The van der Waals surface area contributed by atoms with Crippen molar-refractivity contribution in [1.82, 2.24) is 4.98 Å². The van der Waals surface area contributed by atoms with Gasteiger partial charge >= 0.3 is 0 Å². The molecule has 0 amide bonds. The van der Waals surface area contributed by atoms with E-state index in [2.05, 4.69) is 18.8 Å². The first kappa shape index (κ1) is 24.7. The summed E-state index contributed by atoms with van der Waals surface area (Å²) >= 11 is 0. The number of phenolic OH excluding ortho intramolecular Hbond substituents is 1. The minimum absolute atomic E-state index is 0.231. The number of unbranched alkanes of at least 4 members (excludes halogenated alkanes) is 3. The van der Waals surface area contributed by atoms with Crippen molar-refractivity contribution in [2.24, 2.45) is 0 Å². The highest BCUT2D eigenvalue weighted by Gasteiger charge is 2.06. The van der Waals surface area contributed by atoms with E-state index in [0.29, 0.717) is 5.56 Å². The minimum Gasteiger partial charge on any atom is -0.508 e. The van der Waals surface area contributed by atoms with Crippen LogP contribution in [0.4, 0.5) is 4.39 Å². The maximum Gasteiger partial charge on any atom is 0.131 e. The predicted molar refractivity (Wildman–Crippen MR) is 135 cm³/mol. The maximum absolute atomic E-state index is 14.6. The number of allylic oxidation sites excluding steroid dienone is 1. The van der Waals surface area contributed by atoms with Crippen LogP contribution in [-0.4, -0.2) is 22.8 Å². The van der Waals surface area contributed by atoms with Crippen LogP contribution in [0.15, 0.2) is 66.9 Å². The molecule has 3 rings (SSSR count). The number of ether oxygens (including phenoxy) is 1. The van der Waals surface area contributed by atoms with E-state index in [4.69, 9.17) is 4.74 Å². The number of hydrogen-bond acceptors (Lipinski definition) is 3. The molecule has 1 heterocycles. The minimum atomic E-state index is -0.249. The first-order valence-electron chi connectivity index (χ1n) is 11.9. The van der Waals surface area contributed by atoms with Gasteiger partial charge in [-0.1, -0.05) is 62.2 Å². The largest absolute Gasteiger partial charge is 0.508 e. The van der Waals surface area contributed by atoms with Crippen LogP contribution in [0, 0.1) is 5.82 Å². The lowest BCUT2D eigenvalue weighted by Gasteiger charge is -2.12. The summed E-state index contributed by atoms with van der Waals surface area (Å²) in [5, 5.41) is 9.43. The molecule has 0 bridgehead atoms. The van der Waals surface area contributed by atoms with E-state index in [1.54, 1.807) is 24.4 Å². The third kappa shape index (κ3) is 7.83. The summed E-state index contributed by atoms with van der Waals surface area (Å²) in [6, 6.07) is 16.1. The molecule has 33 heavy (non-hydrogen) atoms. The Balaban J connectivity index is 1.51. The van der Waals surface area contributed by atoms with Gasteiger partial charge in [0.1, 0.15) is 11.6 Å². The molecule has 0 aliphatic rings. The lowest BCUT2D eigenvalue weighted by atomic mass is 10.0. The third-order valence-corrected chi connectivity index (χ3v) is 5.69. The van der Waals surface area contributed by atoms with Crippen LogP contribution >= 0.6 is 0 Å². The zero-order valence-electron chi connectivity index (χ0n) is 19.6. The summed E-state index contributed by atoms with van der Waals surface area (Å²) in [5.74, 6) is -0.0184. The molecule has 3 aromatic rings. The average molecular weight is 448 g/mol. The zero-order chi connectivity index (χ0) is 23.5. The molecular weight excluding hydrogens is 413 g/mol. The van der Waals surface area contributed by atoms with Gasteiger partial charge in [0.05, 0.1) is 11.8 Å². The molecule has 1 atom stereocenters. The van der Waals surface area contributed by atoms with Gasteiger partial charge in [0.15, 0.2) is 0 Å². The van der Waals surface area contributed by atoms with Crippen LogP contribution < -0.4 is 0 Å². The molecule has 0 saturated carbocycles. The Labute approximate surface area is 197 Å². The Kier molecular flexibility index (Phi) is 9.64. The number of benzene rings is 2. The Morgan fingerprint density at radius 2 is 1.73 bits per heavy atom. The molecule has 174 valence electrons. The zero-order valence-corrected chi connectivity index (χ0v) is 19.6. The van der Waals surface area contributed by atoms with Crippen molar-refractivity contribution in [3.05, 3.63) is 78.3 Å². The number of hydrogen-bond donors (Lipinski definition) is 1. The van der Waals surface area contributed by atoms with Gasteiger partial charge in [0, 0.05) is 29.5 Å². The molecular formula is C29H34FNO2. The average Bonchev–Trinajstić information content (AvgIpc) is 2.83. The molecule has 0 radical (unpaired) electrons. The number of aromatic hydroxyl groups is 1. The van der Waals surface area contributed by atoms with E-state index >= 15 is 0 Å². The van der Waals surface area contributed by atoms with Gasteiger partial charge in [0.25, 0.3) is 0 Å². The van der Waals surface area contributed by atoms with Crippen LogP contribution in [0.3, 0.4) is 0 Å². The Morgan fingerprint density at radius 3 is 2.42 bits per heavy atom. The molecule has 1 aromatic heterocycles. The topological polar surface area (TPSA) is 42.4 Å². The van der Waals surface area contributed by atoms with Crippen LogP contribution in [0.2, 0.25) is 0 Å². The molecule has 1 unspecified atom stereocenters. The molecule has 3 nitrogen and oxygen atoms in total. The maximum atomic E-state index is 14.6. The fourth-order valence-corrected chi connectivity index (χ4v) is 3.66. The summed E-state index contributed by atoms with van der Waals surface area (Å²) in [4.78, 5) is 4.49. The third-order valence-electron chi connectivity index (χ3n) is 5.69. The summed E-state index contributed by atoms with van der Waals surface area (Å²) in [5.41, 5.74) is 3.97. The highest BCUT2D eigenvalue weighted by atomic mass is 19.1. The summed E-state index contributed by atoms with van der Waals surface area (Å²) < 4.78 is 20.5. The lowest BCUT2D eigenvalue weighted by Crippen LogP contribution is -2.08. The van der Waals surface area contributed by atoms with E-state index in [-0.39, 0.29) is 17.7 Å². The van der Waals surface area contributed by atoms with Crippen LogP contribution in [0.25, 0.3) is 28.5 Å². The molecule has 0 fully saturated rings. The lowest BCUT2D eigenvalue weighted by molar-refractivity contribution is 0.0566. The molecule has 0 saturated heterocycles. The molecule has 2 aromatic carbocycles. The summed E-state index contributed by atoms with van der Waals surface area (Å²) in [6.45, 7) is 5.16. The monoisotopic (exact) mass is 447 g/mol. The molecule has 0 aliphatic heterocycles. The van der Waals surface area contributed by atoms with Crippen molar-refractivity contribution in [3.63, 3.8) is 0 Å². The number of halogens is 1. The second-order valence-corrected chi connectivity index (χ2v) is 8.44. The van der Waals surface area contributed by atoms with Gasteiger partial charge in [-0.3, -0.25) is 4.98 Å². The van der Waals surface area contributed by atoms with E-state index in [1.807, 2.05) is 42.5 Å². The van der Waals surface area contributed by atoms with Gasteiger partial charge in [-0.2, -0.15) is 0 Å². The Morgan fingerprint density at radius 1 is 0.970 bits per heavy atom. The molecule has 0 spiro atoms. The Hall–Kier alpha value is -2.98. The second-order valence-electron chi connectivity index (χ2n) is 8.44. The molecule has 4 heteroatoms. The van der Waals surface area contributed by atoms with Gasteiger partial charge in [-0.05, 0) is 62.4 Å². The number of aromatic nitrogens is 1. The fourth-order valence-electron chi connectivity index (χ4n) is 3.66. The normalized spacial score (nSPS) is 12.3. The first-order chi connectivity index (χ1) is 16.1. The predicted octanol–water partition coefficient (Wildman–Crippen LogP) is 8.04. The summed E-state index contributed by atoms with van der Waals surface area (Å²) in [6.07, 6.45) is 12.5. The fraction of sp³-hybridized carbons (Fsp3) is 0.345. The van der Waals surface area contributed by atoms with Crippen molar-refractivity contribution in [1.29, 1.82) is 0 Å². The highest BCUT2D eigenvalue weighted by molar-refractivity contribution is 5.68. The van der Waals surface area contributed by atoms with Crippen molar-refractivity contribution < 1.29 is 14.2 Å². The SMILES string of the molecule is CCCCCOC(C)CCC/C=C/c1ccc(-c2ccc(-c3ccc(O)cc3)cn2)cc1F. The molecule has 0 aliphatic carbocycles. The van der Waals surface area contributed by atoms with Gasteiger partial charge in [-0.25, -0.2) is 4.39 Å². The van der Waals surface area contributed by atoms with Crippen LogP contribution in [-0.2, 0) is 4.74 Å². The number of rotatable bonds is 12. The van der Waals surface area contributed by atoms with Gasteiger partial charge < -0.3 is 9.84 Å². The number of phenols is 1. The van der Waals surface area contributed by atoms with E-state index in [1.165, 1.54) is 18.9 Å². The van der Waals surface area contributed by atoms with Gasteiger partial charge in [0.2, 0.25) is 0 Å². The number of nitrogens with zero attached hydrogens (tertiary/aromatic N) is 1.